The maximum absolute atomic E-state index is 14.4. The van der Waals surface area contributed by atoms with Gasteiger partial charge >= 0.3 is 0 Å². The van der Waals surface area contributed by atoms with Crippen molar-refractivity contribution in [3.05, 3.63) is 40.9 Å². The number of carbonyl (C=O) groups is 1. The fourth-order valence-electron chi connectivity index (χ4n) is 2.13. The summed E-state index contributed by atoms with van der Waals surface area (Å²) in [6, 6.07) is 5.12. The first kappa shape index (κ1) is 17.0. The number of hydrogen-bond donors (Lipinski definition) is 1. The van der Waals surface area contributed by atoms with Crippen LogP contribution < -0.4 is 10.1 Å². The van der Waals surface area contributed by atoms with Crippen LogP contribution in [-0.2, 0) is 10.2 Å². The molecule has 0 atom stereocenters. The molecule has 5 nitrogen and oxygen atoms in total. The van der Waals surface area contributed by atoms with Gasteiger partial charge in [-0.1, -0.05) is 38.1 Å². The van der Waals surface area contributed by atoms with Gasteiger partial charge in [0, 0.05) is 11.6 Å². The maximum Gasteiger partial charge on any atom is 0.263 e. The minimum absolute atomic E-state index is 0.115. The van der Waals surface area contributed by atoms with E-state index in [0.29, 0.717) is 22.7 Å². The van der Waals surface area contributed by atoms with Crippen molar-refractivity contribution in [1.29, 1.82) is 0 Å². The van der Waals surface area contributed by atoms with Crippen LogP contribution >= 0.6 is 0 Å². The fraction of sp³-hybridized carbons (Fsp3) is 0.412. The number of amides is 1. The molecule has 6 heteroatoms. The molecule has 124 valence electrons. The Balaban J connectivity index is 2.13. The summed E-state index contributed by atoms with van der Waals surface area (Å²) in [4.78, 5) is 11.9. The molecule has 0 saturated carbocycles. The highest BCUT2D eigenvalue weighted by Gasteiger charge is 2.23. The lowest BCUT2D eigenvalue weighted by Crippen LogP contribution is -2.23. The van der Waals surface area contributed by atoms with E-state index < -0.39 is 11.7 Å². The van der Waals surface area contributed by atoms with E-state index in [1.807, 2.05) is 26.8 Å². The van der Waals surface area contributed by atoms with E-state index in [1.165, 1.54) is 0 Å². The number of nitrogens with zero attached hydrogens (tertiary/aromatic N) is 1. The van der Waals surface area contributed by atoms with Gasteiger partial charge < -0.3 is 14.6 Å². The van der Waals surface area contributed by atoms with Crippen molar-refractivity contribution in [1.82, 2.24) is 5.16 Å². The van der Waals surface area contributed by atoms with Crippen LogP contribution in [0.3, 0.4) is 0 Å². The lowest BCUT2D eigenvalue weighted by molar-refractivity contribution is -0.118. The van der Waals surface area contributed by atoms with E-state index in [1.54, 1.807) is 26.0 Å². The second-order valence-electron chi connectivity index (χ2n) is 6.48. The Morgan fingerprint density at radius 2 is 2.04 bits per heavy atom. The summed E-state index contributed by atoms with van der Waals surface area (Å²) in [6.07, 6.45) is 0. The zero-order chi connectivity index (χ0) is 17.2. The summed E-state index contributed by atoms with van der Waals surface area (Å²) in [5.74, 6) is 0.128. The third-order valence-electron chi connectivity index (χ3n) is 3.34. The standard InChI is InChI=1S/C17H21FN2O3/c1-10-6-7-12(17(3,4)5)16(15(10)18)22-9-14(21)19-13-8-11(2)23-20-13/h6-8H,9H2,1-5H3,(H,19,20,21). The molecule has 0 radical (unpaired) electrons. The Hall–Kier alpha value is -2.37. The highest BCUT2D eigenvalue weighted by atomic mass is 19.1. The molecule has 2 aromatic rings. The monoisotopic (exact) mass is 320 g/mol. The number of benzene rings is 1. The number of aromatic nitrogens is 1. The number of aryl methyl sites for hydroxylation is 2. The van der Waals surface area contributed by atoms with Gasteiger partial charge in [-0.05, 0) is 24.8 Å². The van der Waals surface area contributed by atoms with Crippen LogP contribution in [0.1, 0.15) is 37.7 Å². The SMILES string of the molecule is Cc1cc(NC(=O)COc2c(C(C)(C)C)ccc(C)c2F)no1. The molecule has 0 aliphatic heterocycles. The second kappa shape index (κ2) is 6.40. The molecule has 0 aliphatic rings. The van der Waals surface area contributed by atoms with Gasteiger partial charge in [-0.2, -0.15) is 0 Å². The van der Waals surface area contributed by atoms with Gasteiger partial charge in [-0.25, -0.2) is 4.39 Å². The number of ether oxygens (including phenoxy) is 1. The maximum atomic E-state index is 14.4. The quantitative estimate of drug-likeness (QED) is 0.932. The molecular weight excluding hydrogens is 299 g/mol. The normalized spacial score (nSPS) is 11.4. The Kier molecular flexibility index (Phi) is 4.73. The molecule has 0 bridgehead atoms. The van der Waals surface area contributed by atoms with Crippen molar-refractivity contribution in [2.45, 2.75) is 40.0 Å². The molecule has 0 unspecified atom stereocenters. The molecule has 1 aromatic heterocycles. The molecule has 0 spiro atoms. The second-order valence-corrected chi connectivity index (χ2v) is 6.48. The Morgan fingerprint density at radius 3 is 2.61 bits per heavy atom. The Morgan fingerprint density at radius 1 is 1.35 bits per heavy atom. The van der Waals surface area contributed by atoms with Gasteiger partial charge in [0.25, 0.3) is 5.91 Å². The lowest BCUT2D eigenvalue weighted by atomic mass is 9.85. The van der Waals surface area contributed by atoms with Crippen LogP contribution in [-0.4, -0.2) is 17.7 Å². The first-order valence-electron chi connectivity index (χ1n) is 7.34. The largest absolute Gasteiger partial charge is 0.480 e. The summed E-state index contributed by atoms with van der Waals surface area (Å²) >= 11 is 0. The summed E-state index contributed by atoms with van der Waals surface area (Å²) in [5.41, 5.74) is 0.884. The molecule has 1 aromatic carbocycles. The van der Waals surface area contributed by atoms with Crippen LogP contribution in [0.15, 0.2) is 22.7 Å². The summed E-state index contributed by atoms with van der Waals surface area (Å²) < 4.78 is 24.7. The van der Waals surface area contributed by atoms with Gasteiger partial charge in [-0.3, -0.25) is 4.79 Å². The van der Waals surface area contributed by atoms with Gasteiger partial charge in [0.2, 0.25) is 0 Å². The predicted molar refractivity (Wildman–Crippen MR) is 85.2 cm³/mol. The van der Waals surface area contributed by atoms with Crippen LogP contribution in [0.25, 0.3) is 0 Å². The van der Waals surface area contributed by atoms with Gasteiger partial charge in [0.05, 0.1) is 0 Å². The average molecular weight is 320 g/mol. The fourth-order valence-corrected chi connectivity index (χ4v) is 2.13. The van der Waals surface area contributed by atoms with Gasteiger partial charge in [-0.15, -0.1) is 0 Å². The zero-order valence-electron chi connectivity index (χ0n) is 14.0. The summed E-state index contributed by atoms with van der Waals surface area (Å²) in [7, 11) is 0. The molecule has 1 N–H and O–H groups in total. The van der Waals surface area contributed by atoms with Crippen molar-refractivity contribution in [3.8, 4) is 5.75 Å². The van der Waals surface area contributed by atoms with E-state index in [-0.39, 0.29) is 17.8 Å². The molecule has 0 saturated heterocycles. The average Bonchev–Trinajstić information content (AvgIpc) is 2.84. The first-order chi connectivity index (χ1) is 10.7. The van der Waals surface area contributed by atoms with E-state index >= 15 is 0 Å². The Bertz CT molecular complexity index is 717. The van der Waals surface area contributed by atoms with Crippen molar-refractivity contribution in [2.75, 3.05) is 11.9 Å². The molecule has 0 aliphatic carbocycles. The zero-order valence-corrected chi connectivity index (χ0v) is 14.0. The number of carbonyl (C=O) groups excluding carboxylic acids is 1. The Labute approximate surface area is 134 Å². The third-order valence-corrected chi connectivity index (χ3v) is 3.34. The predicted octanol–water partition coefficient (Wildman–Crippen LogP) is 3.75. The van der Waals surface area contributed by atoms with E-state index in [9.17, 15) is 9.18 Å². The summed E-state index contributed by atoms with van der Waals surface area (Å²) in [6.45, 7) is 8.95. The molecule has 1 heterocycles. The van der Waals surface area contributed by atoms with Crippen LogP contribution in [0.5, 0.6) is 5.75 Å². The summed E-state index contributed by atoms with van der Waals surface area (Å²) in [5, 5.41) is 6.20. The van der Waals surface area contributed by atoms with Crippen molar-refractivity contribution >= 4 is 11.7 Å². The smallest absolute Gasteiger partial charge is 0.263 e. The third kappa shape index (κ3) is 4.09. The van der Waals surface area contributed by atoms with Crippen molar-refractivity contribution in [3.63, 3.8) is 0 Å². The minimum Gasteiger partial charge on any atom is -0.480 e. The van der Waals surface area contributed by atoms with Gasteiger partial charge in [0.1, 0.15) is 5.76 Å². The van der Waals surface area contributed by atoms with E-state index in [0.717, 1.165) is 0 Å². The number of hydrogen-bond acceptors (Lipinski definition) is 4. The highest BCUT2D eigenvalue weighted by Crippen LogP contribution is 2.34. The number of rotatable bonds is 4. The molecule has 2 rings (SSSR count). The molecule has 23 heavy (non-hydrogen) atoms. The van der Waals surface area contributed by atoms with Crippen LogP contribution in [0.2, 0.25) is 0 Å². The van der Waals surface area contributed by atoms with Crippen molar-refractivity contribution < 1.29 is 18.4 Å². The van der Waals surface area contributed by atoms with Gasteiger partial charge in [0.15, 0.2) is 24.0 Å². The highest BCUT2D eigenvalue weighted by molar-refractivity contribution is 5.90. The number of nitrogens with one attached hydrogen (secondary N) is 1. The van der Waals surface area contributed by atoms with E-state index in [4.69, 9.17) is 9.26 Å². The topological polar surface area (TPSA) is 64.4 Å². The molecule has 0 fully saturated rings. The first-order valence-corrected chi connectivity index (χ1v) is 7.34. The van der Waals surface area contributed by atoms with Crippen molar-refractivity contribution in [2.24, 2.45) is 0 Å². The number of anilines is 1. The lowest BCUT2D eigenvalue weighted by Gasteiger charge is -2.23. The van der Waals surface area contributed by atoms with Crippen LogP contribution in [0, 0.1) is 19.7 Å². The molecule has 1 amide bonds. The minimum atomic E-state index is -0.442. The van der Waals surface area contributed by atoms with E-state index in [2.05, 4.69) is 10.5 Å². The molecular formula is C17H21FN2O3. The number of halogens is 1. The van der Waals surface area contributed by atoms with Crippen LogP contribution in [0.4, 0.5) is 10.2 Å².